The van der Waals surface area contributed by atoms with Crippen molar-refractivity contribution in [3.05, 3.63) is 65.2 Å². The number of rotatable bonds is 9. The second kappa shape index (κ2) is 10.4. The van der Waals surface area contributed by atoms with Crippen LogP contribution in [-0.4, -0.2) is 39.9 Å². The number of thioether (sulfide) groups is 1. The normalized spacial score (nSPS) is 15.4. The first-order valence-electron chi connectivity index (χ1n) is 11.5. The van der Waals surface area contributed by atoms with Crippen molar-refractivity contribution in [3.63, 3.8) is 0 Å². The van der Waals surface area contributed by atoms with E-state index in [0.717, 1.165) is 39.7 Å². The number of carbonyl (C=O) groups is 2. The molecule has 6 nitrogen and oxygen atoms in total. The van der Waals surface area contributed by atoms with E-state index >= 15 is 0 Å². The predicted molar refractivity (Wildman–Crippen MR) is 137 cm³/mol. The Balaban J connectivity index is 1.48. The molecule has 178 valence electrons. The second-order valence-electron chi connectivity index (χ2n) is 8.97. The largest absolute Gasteiger partial charge is 0.492 e. The summed E-state index contributed by atoms with van der Waals surface area (Å²) < 4.78 is 13.7. The van der Waals surface area contributed by atoms with E-state index in [0.29, 0.717) is 24.6 Å². The van der Waals surface area contributed by atoms with Crippen LogP contribution in [0.1, 0.15) is 33.3 Å². The molecule has 0 spiro atoms. The number of imide groups is 1. The fourth-order valence-electron chi connectivity index (χ4n) is 3.89. The minimum absolute atomic E-state index is 0.132. The Morgan fingerprint density at radius 3 is 2.38 bits per heavy atom. The number of nitrogens with zero attached hydrogens (tertiary/aromatic N) is 2. The van der Waals surface area contributed by atoms with Crippen LogP contribution in [-0.2, 0) is 11.3 Å². The lowest BCUT2D eigenvalue weighted by molar-refractivity contribution is -0.123. The molecule has 4 rings (SSSR count). The van der Waals surface area contributed by atoms with Crippen molar-refractivity contribution in [1.29, 1.82) is 0 Å². The second-order valence-corrected chi connectivity index (χ2v) is 9.96. The van der Waals surface area contributed by atoms with Gasteiger partial charge in [0.2, 0.25) is 0 Å². The molecule has 1 fully saturated rings. The van der Waals surface area contributed by atoms with Crippen LogP contribution < -0.4 is 9.47 Å². The maximum absolute atomic E-state index is 12.8. The number of aromatic nitrogens is 1. The molecule has 34 heavy (non-hydrogen) atoms. The molecule has 0 aliphatic carbocycles. The van der Waals surface area contributed by atoms with Crippen LogP contribution in [0.25, 0.3) is 17.0 Å². The Morgan fingerprint density at radius 1 is 0.971 bits per heavy atom. The summed E-state index contributed by atoms with van der Waals surface area (Å²) in [7, 11) is 0. The van der Waals surface area contributed by atoms with Crippen LogP contribution in [0, 0.1) is 5.92 Å². The zero-order valence-electron chi connectivity index (χ0n) is 20.0. The van der Waals surface area contributed by atoms with E-state index in [1.165, 1.54) is 4.90 Å². The number of ether oxygens (including phenoxy) is 2. The quantitative estimate of drug-likeness (QED) is 0.343. The van der Waals surface area contributed by atoms with Crippen molar-refractivity contribution in [2.45, 2.75) is 40.3 Å². The molecule has 0 N–H and O–H groups in total. The highest BCUT2D eigenvalue weighted by molar-refractivity contribution is 8.18. The van der Waals surface area contributed by atoms with Crippen molar-refractivity contribution in [2.24, 2.45) is 5.92 Å². The standard InChI is InChI=1S/C27H30N2O4S/c1-18(2)16-29-26(30)25(34-27(29)31)15-20-17-28(24-8-6-5-7-23(20)24)13-14-32-21-9-11-22(12-10-21)33-19(3)4/h5-12,15,17-19H,13-14,16H2,1-4H3/b25-15-. The number of amides is 2. The van der Waals surface area contributed by atoms with Gasteiger partial charge in [-0.3, -0.25) is 14.5 Å². The third-order valence-corrected chi connectivity index (χ3v) is 6.23. The molecule has 2 heterocycles. The van der Waals surface area contributed by atoms with Gasteiger partial charge >= 0.3 is 0 Å². The van der Waals surface area contributed by atoms with Crippen molar-refractivity contribution in [1.82, 2.24) is 9.47 Å². The first-order chi connectivity index (χ1) is 16.3. The van der Waals surface area contributed by atoms with Gasteiger partial charge in [-0.1, -0.05) is 32.0 Å². The first kappa shape index (κ1) is 24.0. The number of fused-ring (bicyclic) bond motifs is 1. The summed E-state index contributed by atoms with van der Waals surface area (Å²) in [5, 5.41) is 0.834. The third kappa shape index (κ3) is 5.47. The van der Waals surface area contributed by atoms with E-state index in [1.54, 1.807) is 0 Å². The van der Waals surface area contributed by atoms with E-state index in [4.69, 9.17) is 9.47 Å². The fraction of sp³-hybridized carbons (Fsp3) is 0.333. The van der Waals surface area contributed by atoms with Crippen LogP contribution in [0.4, 0.5) is 4.79 Å². The van der Waals surface area contributed by atoms with Crippen LogP contribution in [0.3, 0.4) is 0 Å². The molecule has 2 amide bonds. The Morgan fingerprint density at radius 2 is 1.68 bits per heavy atom. The Hall–Kier alpha value is -3.19. The van der Waals surface area contributed by atoms with Gasteiger partial charge in [0, 0.05) is 29.2 Å². The van der Waals surface area contributed by atoms with Gasteiger partial charge in [0.05, 0.1) is 17.6 Å². The third-order valence-electron chi connectivity index (χ3n) is 5.32. The van der Waals surface area contributed by atoms with E-state index in [2.05, 4.69) is 10.6 Å². The van der Waals surface area contributed by atoms with Crippen LogP contribution >= 0.6 is 11.8 Å². The lowest BCUT2D eigenvalue weighted by atomic mass is 10.1. The molecule has 2 aromatic carbocycles. The summed E-state index contributed by atoms with van der Waals surface area (Å²) in [5.41, 5.74) is 1.97. The number of carbonyl (C=O) groups excluding carboxylic acids is 2. The van der Waals surface area contributed by atoms with Gasteiger partial charge in [-0.15, -0.1) is 0 Å². The lowest BCUT2D eigenvalue weighted by Crippen LogP contribution is -2.31. The maximum Gasteiger partial charge on any atom is 0.293 e. The predicted octanol–water partition coefficient (Wildman–Crippen LogP) is 6.20. The molecule has 0 atom stereocenters. The minimum Gasteiger partial charge on any atom is -0.492 e. The van der Waals surface area contributed by atoms with Crippen molar-refractivity contribution >= 4 is 39.9 Å². The summed E-state index contributed by atoms with van der Waals surface area (Å²) in [6, 6.07) is 15.7. The zero-order valence-corrected chi connectivity index (χ0v) is 20.8. The van der Waals surface area contributed by atoms with Gasteiger partial charge in [-0.05, 0) is 67.9 Å². The molecule has 1 saturated heterocycles. The van der Waals surface area contributed by atoms with Gasteiger partial charge in [-0.2, -0.15) is 0 Å². The van der Waals surface area contributed by atoms with Crippen LogP contribution in [0.15, 0.2) is 59.6 Å². The summed E-state index contributed by atoms with van der Waals surface area (Å²) >= 11 is 1.01. The van der Waals surface area contributed by atoms with Gasteiger partial charge in [0.25, 0.3) is 11.1 Å². The Kier molecular flexibility index (Phi) is 7.32. The van der Waals surface area contributed by atoms with Crippen LogP contribution in [0.2, 0.25) is 0 Å². The number of para-hydroxylation sites is 1. The van der Waals surface area contributed by atoms with E-state index < -0.39 is 0 Å². The summed E-state index contributed by atoms with van der Waals surface area (Å²) in [6.07, 6.45) is 3.98. The van der Waals surface area contributed by atoms with E-state index in [9.17, 15) is 9.59 Å². The topological polar surface area (TPSA) is 60.8 Å². The number of benzene rings is 2. The van der Waals surface area contributed by atoms with Crippen LogP contribution in [0.5, 0.6) is 11.5 Å². The van der Waals surface area contributed by atoms with Crippen molar-refractivity contribution < 1.29 is 19.1 Å². The molecule has 0 saturated carbocycles. The maximum atomic E-state index is 12.8. The van der Waals surface area contributed by atoms with Crippen molar-refractivity contribution in [3.8, 4) is 11.5 Å². The first-order valence-corrected chi connectivity index (χ1v) is 12.4. The van der Waals surface area contributed by atoms with E-state index in [1.807, 2.05) is 82.4 Å². The molecule has 1 aromatic heterocycles. The Bertz CT molecular complexity index is 1210. The summed E-state index contributed by atoms with van der Waals surface area (Å²) in [4.78, 5) is 26.9. The summed E-state index contributed by atoms with van der Waals surface area (Å²) in [6.45, 7) is 9.56. The van der Waals surface area contributed by atoms with Gasteiger partial charge < -0.3 is 14.0 Å². The highest BCUT2D eigenvalue weighted by Gasteiger charge is 2.35. The molecule has 0 radical (unpaired) electrons. The number of hydrogen-bond donors (Lipinski definition) is 0. The monoisotopic (exact) mass is 478 g/mol. The van der Waals surface area contributed by atoms with Crippen molar-refractivity contribution in [2.75, 3.05) is 13.2 Å². The average Bonchev–Trinajstić information content (AvgIpc) is 3.27. The fourth-order valence-corrected chi connectivity index (χ4v) is 4.73. The van der Waals surface area contributed by atoms with Gasteiger partial charge in [0.15, 0.2) is 0 Å². The molecule has 1 aliphatic rings. The lowest BCUT2D eigenvalue weighted by Gasteiger charge is -2.14. The molecule has 3 aromatic rings. The number of hydrogen-bond acceptors (Lipinski definition) is 5. The molecular weight excluding hydrogens is 448 g/mol. The SMILES string of the molecule is CC(C)CN1C(=O)S/C(=C\c2cn(CCOc3ccc(OC(C)C)cc3)c3ccccc23)C1=O. The molecule has 0 bridgehead atoms. The summed E-state index contributed by atoms with van der Waals surface area (Å²) in [5.74, 6) is 1.62. The Labute approximate surface area is 204 Å². The molecule has 0 unspecified atom stereocenters. The minimum atomic E-state index is -0.214. The van der Waals surface area contributed by atoms with Gasteiger partial charge in [0.1, 0.15) is 18.1 Å². The molecule has 1 aliphatic heterocycles. The average molecular weight is 479 g/mol. The highest BCUT2D eigenvalue weighted by atomic mass is 32.2. The van der Waals surface area contributed by atoms with E-state index in [-0.39, 0.29) is 23.2 Å². The zero-order chi connectivity index (χ0) is 24.2. The smallest absolute Gasteiger partial charge is 0.293 e. The van der Waals surface area contributed by atoms with Gasteiger partial charge in [-0.25, -0.2) is 0 Å². The highest BCUT2D eigenvalue weighted by Crippen LogP contribution is 2.34. The molecular formula is C27H30N2O4S. The molecule has 7 heteroatoms.